The number of benzene rings is 6. The summed E-state index contributed by atoms with van der Waals surface area (Å²) in [6.45, 7) is 0.737. The van der Waals surface area contributed by atoms with Crippen LogP contribution in [0.15, 0.2) is 146 Å². The van der Waals surface area contributed by atoms with Gasteiger partial charge in [-0.1, -0.05) is 121 Å². The van der Waals surface area contributed by atoms with Gasteiger partial charge in [0.05, 0.1) is 13.2 Å². The van der Waals surface area contributed by atoms with E-state index < -0.39 is 11.9 Å². The Morgan fingerprint density at radius 1 is 0.377 bits per heavy atom. The number of hydrogen-bond donors (Lipinski definition) is 2. The van der Waals surface area contributed by atoms with E-state index in [0.717, 1.165) is 22.3 Å². The summed E-state index contributed by atoms with van der Waals surface area (Å²) in [5.74, 6) is -1.33. The highest BCUT2D eigenvalue weighted by Crippen LogP contribution is 2.34. The van der Waals surface area contributed by atoms with E-state index in [9.17, 15) is 19.8 Å². The largest absolute Gasteiger partial charge is 0.489 e. The molecular weight excluding hydrogens is 672 g/mol. The first-order valence-corrected chi connectivity index (χ1v) is 17.0. The second-order valence-corrected chi connectivity index (χ2v) is 12.1. The van der Waals surface area contributed by atoms with Crippen LogP contribution in [0.1, 0.15) is 54.1 Å². The molecule has 268 valence electrons. The van der Waals surface area contributed by atoms with Gasteiger partial charge in [-0.25, -0.2) is 9.59 Å². The fourth-order valence-electron chi connectivity index (χ4n) is 5.48. The van der Waals surface area contributed by atoms with Crippen LogP contribution in [-0.4, -0.2) is 22.2 Å². The number of carboxylic acids is 2. The zero-order valence-corrected chi connectivity index (χ0v) is 28.9. The van der Waals surface area contributed by atoms with Crippen molar-refractivity contribution in [3.63, 3.8) is 0 Å². The van der Waals surface area contributed by atoms with Gasteiger partial charge in [-0.15, -0.1) is 0 Å². The van der Waals surface area contributed by atoms with E-state index in [1.807, 2.05) is 121 Å². The van der Waals surface area contributed by atoms with Gasteiger partial charge in [-0.2, -0.15) is 0 Å². The highest BCUT2D eigenvalue weighted by Gasteiger charge is 2.21. The number of hydrogen-bond acceptors (Lipinski definition) is 7. The fraction of sp³-hybridized carbons (Fsp3) is 0.136. The molecule has 0 saturated carbocycles. The molecule has 6 rings (SSSR count). The van der Waals surface area contributed by atoms with Crippen LogP contribution in [-0.2, 0) is 44.4 Å². The maximum Gasteiger partial charge on any atom is 0.339 e. The molecule has 9 heteroatoms. The van der Waals surface area contributed by atoms with E-state index in [1.165, 1.54) is 12.1 Å². The predicted octanol–water partition coefficient (Wildman–Crippen LogP) is 9.12. The van der Waals surface area contributed by atoms with Crippen LogP contribution in [0.5, 0.6) is 23.0 Å². The van der Waals surface area contributed by atoms with Crippen molar-refractivity contribution in [2.75, 3.05) is 0 Å². The van der Waals surface area contributed by atoms with Crippen molar-refractivity contribution in [1.82, 2.24) is 0 Å². The van der Waals surface area contributed by atoms with Gasteiger partial charge in [0, 0.05) is 11.1 Å². The van der Waals surface area contributed by atoms with Crippen LogP contribution >= 0.6 is 0 Å². The Hall–Kier alpha value is -6.58. The molecule has 0 amide bonds. The monoisotopic (exact) mass is 710 g/mol. The van der Waals surface area contributed by atoms with E-state index in [4.69, 9.17) is 23.7 Å². The number of ether oxygens (including phenoxy) is 5. The zero-order chi connectivity index (χ0) is 36.8. The lowest BCUT2D eigenvalue weighted by Gasteiger charge is -2.18. The second kappa shape index (κ2) is 18.1. The first-order chi connectivity index (χ1) is 25.9. The van der Waals surface area contributed by atoms with Crippen LogP contribution < -0.4 is 18.9 Å². The summed E-state index contributed by atoms with van der Waals surface area (Å²) in [5.41, 5.74) is 4.59. The van der Waals surface area contributed by atoms with Crippen molar-refractivity contribution in [2.24, 2.45) is 0 Å². The molecule has 9 nitrogen and oxygen atoms in total. The summed E-state index contributed by atoms with van der Waals surface area (Å²) in [4.78, 5) is 24.8. The van der Waals surface area contributed by atoms with Crippen molar-refractivity contribution < 1.29 is 43.5 Å². The molecule has 0 bridgehead atoms. The van der Waals surface area contributed by atoms with E-state index in [0.29, 0.717) is 22.6 Å². The quantitative estimate of drug-likeness (QED) is 0.0900. The molecule has 0 radical (unpaired) electrons. The Morgan fingerprint density at radius 3 is 0.943 bits per heavy atom. The normalized spacial score (nSPS) is 10.7. The third kappa shape index (κ3) is 10.2. The summed E-state index contributed by atoms with van der Waals surface area (Å²) in [7, 11) is 0. The van der Waals surface area contributed by atoms with E-state index >= 15 is 0 Å². The Morgan fingerprint density at radius 2 is 0.660 bits per heavy atom. The molecule has 0 fully saturated rings. The van der Waals surface area contributed by atoms with Crippen LogP contribution in [0.3, 0.4) is 0 Å². The third-order valence-corrected chi connectivity index (χ3v) is 8.25. The van der Waals surface area contributed by atoms with E-state index in [2.05, 4.69) is 0 Å². The third-order valence-electron chi connectivity index (χ3n) is 8.25. The van der Waals surface area contributed by atoms with Crippen molar-refractivity contribution >= 4 is 11.9 Å². The maximum atomic E-state index is 12.4. The highest BCUT2D eigenvalue weighted by molar-refractivity contribution is 5.92. The summed E-state index contributed by atoms with van der Waals surface area (Å²) in [5, 5.41) is 20.2. The van der Waals surface area contributed by atoms with Gasteiger partial charge in [0.1, 0.15) is 60.6 Å². The Bertz CT molecular complexity index is 1950. The van der Waals surface area contributed by atoms with E-state index in [-0.39, 0.29) is 62.3 Å². The lowest BCUT2D eigenvalue weighted by atomic mass is 10.1. The van der Waals surface area contributed by atoms with Gasteiger partial charge >= 0.3 is 11.9 Å². The minimum atomic E-state index is -1.16. The predicted molar refractivity (Wildman–Crippen MR) is 198 cm³/mol. The van der Waals surface area contributed by atoms with Crippen LogP contribution in [0.25, 0.3) is 0 Å². The molecule has 0 heterocycles. The molecule has 0 atom stereocenters. The standard InChI is InChI=1S/C44H38O9/c45-43(46)37-23-39(50-25-31-13-5-1-6-14-31)35(21-41(37)52-27-33-17-9-3-10-18-33)29-49-30-36-22-42(53-28-34-19-11-4-12-20-34)38(44(47)48)24-40(36)51-26-32-15-7-2-8-16-32/h1-24H,25-30H2,(H,45,46)(H,47,48). The van der Waals surface area contributed by atoms with E-state index in [1.54, 1.807) is 12.1 Å². The molecule has 0 aliphatic carbocycles. The average Bonchev–Trinajstić information content (AvgIpc) is 3.19. The number of aromatic carboxylic acids is 2. The van der Waals surface area contributed by atoms with Crippen molar-refractivity contribution in [3.8, 4) is 23.0 Å². The molecule has 0 saturated heterocycles. The average molecular weight is 711 g/mol. The fourth-order valence-corrected chi connectivity index (χ4v) is 5.48. The number of rotatable bonds is 18. The van der Waals surface area contributed by atoms with Crippen molar-refractivity contribution in [1.29, 1.82) is 0 Å². The van der Waals surface area contributed by atoms with Gasteiger partial charge < -0.3 is 33.9 Å². The topological polar surface area (TPSA) is 121 Å². The molecule has 2 N–H and O–H groups in total. The van der Waals surface area contributed by atoms with Gasteiger partial charge in [0.2, 0.25) is 0 Å². The van der Waals surface area contributed by atoms with Gasteiger partial charge in [-0.3, -0.25) is 0 Å². The minimum Gasteiger partial charge on any atom is -0.489 e. The molecule has 0 unspecified atom stereocenters. The van der Waals surface area contributed by atoms with Gasteiger partial charge in [0.15, 0.2) is 0 Å². The molecular formula is C44H38O9. The first-order valence-electron chi connectivity index (χ1n) is 17.0. The van der Waals surface area contributed by atoms with Gasteiger partial charge in [-0.05, 0) is 46.5 Å². The SMILES string of the molecule is O=C(O)c1cc(OCc2ccccc2)c(COCc2cc(OCc3ccccc3)c(C(=O)O)cc2OCc2ccccc2)cc1OCc1ccccc1. The van der Waals surface area contributed by atoms with Crippen molar-refractivity contribution in [2.45, 2.75) is 39.6 Å². The Labute approximate surface area is 307 Å². The number of carboxylic acid groups (broad SMARTS) is 2. The molecule has 0 aliphatic heterocycles. The molecule has 6 aromatic carbocycles. The summed E-state index contributed by atoms with van der Waals surface area (Å²) >= 11 is 0. The summed E-state index contributed by atoms with van der Waals surface area (Å²) in [6.07, 6.45) is 0. The first kappa shape index (κ1) is 36.2. The summed E-state index contributed by atoms with van der Waals surface area (Å²) in [6, 6.07) is 44.2. The Kier molecular flexibility index (Phi) is 12.4. The smallest absolute Gasteiger partial charge is 0.339 e. The molecule has 0 spiro atoms. The lowest BCUT2D eigenvalue weighted by Crippen LogP contribution is -2.09. The van der Waals surface area contributed by atoms with Crippen molar-refractivity contribution in [3.05, 3.63) is 190 Å². The van der Waals surface area contributed by atoms with Gasteiger partial charge in [0.25, 0.3) is 0 Å². The zero-order valence-electron chi connectivity index (χ0n) is 28.9. The Balaban J connectivity index is 1.28. The second-order valence-electron chi connectivity index (χ2n) is 12.1. The number of carbonyl (C=O) groups is 2. The molecule has 0 aliphatic rings. The van der Waals surface area contributed by atoms with Crippen LogP contribution in [0, 0.1) is 0 Å². The highest BCUT2D eigenvalue weighted by atomic mass is 16.5. The van der Waals surface area contributed by atoms with Crippen LogP contribution in [0.4, 0.5) is 0 Å². The maximum absolute atomic E-state index is 12.4. The minimum absolute atomic E-state index is 0.00469. The lowest BCUT2D eigenvalue weighted by molar-refractivity contribution is 0.0680. The summed E-state index contributed by atoms with van der Waals surface area (Å²) < 4.78 is 30.7. The van der Waals surface area contributed by atoms with Crippen LogP contribution in [0.2, 0.25) is 0 Å². The molecule has 53 heavy (non-hydrogen) atoms. The molecule has 0 aromatic heterocycles. The molecule has 6 aromatic rings.